The summed E-state index contributed by atoms with van der Waals surface area (Å²) in [5.74, 6) is 0.0611. The third-order valence-corrected chi connectivity index (χ3v) is 6.67. The Morgan fingerprint density at radius 3 is 2.77 bits per heavy atom. The minimum absolute atomic E-state index is 0.436. The molecule has 0 bridgehead atoms. The monoisotopic (exact) mass is 324 g/mol. The van der Waals surface area contributed by atoms with Crippen LogP contribution in [0.5, 0.6) is 5.75 Å². The summed E-state index contributed by atoms with van der Waals surface area (Å²) >= 11 is 0. The molecule has 22 heavy (non-hydrogen) atoms. The highest BCUT2D eigenvalue weighted by Gasteiger charge is 2.46. The highest BCUT2D eigenvalue weighted by Crippen LogP contribution is 2.38. The molecule has 120 valence electrons. The second kappa shape index (κ2) is 5.55. The Labute approximate surface area is 130 Å². The smallest absolute Gasteiger partial charge is 0.255 e. The number of nitrogens with one attached hydrogen (secondary N) is 2. The number of para-hydroxylation sites is 1. The molecular weight excluding hydrogens is 304 g/mol. The summed E-state index contributed by atoms with van der Waals surface area (Å²) in [6.45, 7) is 2.60. The fourth-order valence-electron chi connectivity index (χ4n) is 2.82. The van der Waals surface area contributed by atoms with Crippen molar-refractivity contribution < 1.29 is 17.9 Å². The summed E-state index contributed by atoms with van der Waals surface area (Å²) in [6.07, 6.45) is 2.06. The van der Waals surface area contributed by atoms with Gasteiger partial charge in [0.05, 0.1) is 4.75 Å². The van der Waals surface area contributed by atoms with E-state index in [0.29, 0.717) is 37.3 Å². The predicted molar refractivity (Wildman–Crippen MR) is 82.0 cm³/mol. The lowest BCUT2D eigenvalue weighted by Crippen LogP contribution is -2.52. The molecule has 0 saturated heterocycles. The number of hydrogen-bond donors (Lipinski definition) is 2. The fourth-order valence-corrected chi connectivity index (χ4v) is 4.27. The molecule has 1 aromatic carbocycles. The zero-order chi connectivity index (χ0) is 15.8. The van der Waals surface area contributed by atoms with Crippen LogP contribution in [0.1, 0.15) is 37.8 Å². The summed E-state index contributed by atoms with van der Waals surface area (Å²) in [6, 6.07) is 6.46. The third-order valence-electron chi connectivity index (χ3n) is 4.50. The van der Waals surface area contributed by atoms with Crippen LogP contribution in [0.15, 0.2) is 24.3 Å². The number of amides is 1. The average Bonchev–Trinajstić information content (AvgIpc) is 2.66. The van der Waals surface area contributed by atoms with E-state index in [9.17, 15) is 13.2 Å². The fraction of sp³-hybridized carbons (Fsp3) is 0.533. The first-order valence-corrected chi connectivity index (χ1v) is 8.93. The Kier molecular flexibility index (Phi) is 3.86. The lowest BCUT2D eigenvalue weighted by atomic mass is 9.86. The lowest BCUT2D eigenvalue weighted by Gasteiger charge is -2.37. The minimum Gasteiger partial charge on any atom is -0.492 e. The van der Waals surface area contributed by atoms with Crippen molar-refractivity contribution in [2.75, 3.05) is 13.2 Å². The first-order chi connectivity index (χ1) is 10.4. The van der Waals surface area contributed by atoms with Gasteiger partial charge in [-0.25, -0.2) is 8.42 Å². The first-order valence-electron chi connectivity index (χ1n) is 7.44. The molecule has 3 rings (SSSR count). The first kappa shape index (κ1) is 15.3. The molecule has 1 aliphatic carbocycles. The van der Waals surface area contributed by atoms with Crippen LogP contribution in [0.3, 0.4) is 0 Å². The summed E-state index contributed by atoms with van der Waals surface area (Å²) in [5.41, 5.74) is 0.659. The van der Waals surface area contributed by atoms with Crippen molar-refractivity contribution in [3.05, 3.63) is 29.8 Å². The Morgan fingerprint density at radius 2 is 2.09 bits per heavy atom. The molecule has 0 aromatic heterocycles. The lowest BCUT2D eigenvalue weighted by molar-refractivity contribution is -0.121. The van der Waals surface area contributed by atoms with Gasteiger partial charge in [-0.1, -0.05) is 24.6 Å². The van der Waals surface area contributed by atoms with Crippen LogP contribution >= 0.6 is 0 Å². The van der Waals surface area contributed by atoms with E-state index in [1.165, 1.54) is 0 Å². The average molecular weight is 324 g/mol. The molecule has 1 amide bonds. The van der Waals surface area contributed by atoms with Gasteiger partial charge in [0.2, 0.25) is 10.0 Å². The molecule has 1 saturated carbocycles. The molecule has 0 radical (unpaired) electrons. The van der Waals surface area contributed by atoms with Crippen molar-refractivity contribution in [3.63, 3.8) is 0 Å². The number of benzene rings is 1. The summed E-state index contributed by atoms with van der Waals surface area (Å²) < 4.78 is 31.8. The number of ether oxygens (including phenoxy) is 1. The molecule has 1 aliphatic heterocycles. The van der Waals surface area contributed by atoms with E-state index in [1.807, 2.05) is 6.07 Å². The van der Waals surface area contributed by atoms with E-state index in [2.05, 4.69) is 10.0 Å². The summed E-state index contributed by atoms with van der Waals surface area (Å²) in [4.78, 5) is 12.5. The largest absolute Gasteiger partial charge is 0.492 e. The maximum absolute atomic E-state index is 12.5. The molecule has 7 heteroatoms. The van der Waals surface area contributed by atoms with E-state index >= 15 is 0 Å². The van der Waals surface area contributed by atoms with Gasteiger partial charge in [0.15, 0.2) is 0 Å². The maximum atomic E-state index is 12.5. The summed E-state index contributed by atoms with van der Waals surface area (Å²) in [5, 5.41) is 3.05. The van der Waals surface area contributed by atoms with Crippen molar-refractivity contribution in [1.82, 2.24) is 10.0 Å². The van der Waals surface area contributed by atoms with Gasteiger partial charge in [-0.05, 0) is 25.8 Å². The van der Waals surface area contributed by atoms with Crippen molar-refractivity contribution in [2.24, 2.45) is 0 Å². The predicted octanol–water partition coefficient (Wildman–Crippen LogP) is 1.10. The van der Waals surface area contributed by atoms with E-state index in [-0.39, 0.29) is 0 Å². The molecule has 1 unspecified atom stereocenters. The van der Waals surface area contributed by atoms with Gasteiger partial charge in [-0.2, -0.15) is 0 Å². The quantitative estimate of drug-likeness (QED) is 0.870. The van der Waals surface area contributed by atoms with Gasteiger partial charge in [0, 0.05) is 12.1 Å². The number of hydrogen-bond acceptors (Lipinski definition) is 5. The molecule has 0 spiro atoms. The van der Waals surface area contributed by atoms with E-state index in [0.717, 1.165) is 6.42 Å². The SMILES string of the molecule is CC1(S(=O)(=O)NC(=O)C2NCCOc3ccccc32)CCC1. The van der Waals surface area contributed by atoms with Crippen LogP contribution in [0, 0.1) is 0 Å². The molecule has 1 heterocycles. The molecule has 2 aliphatic rings. The number of carbonyl (C=O) groups excluding carboxylic acids is 1. The van der Waals surface area contributed by atoms with E-state index < -0.39 is 26.7 Å². The molecule has 1 atom stereocenters. The van der Waals surface area contributed by atoms with Crippen LogP contribution in [0.2, 0.25) is 0 Å². The van der Waals surface area contributed by atoms with Crippen LogP contribution in [-0.2, 0) is 14.8 Å². The van der Waals surface area contributed by atoms with Gasteiger partial charge in [-0.3, -0.25) is 14.8 Å². The second-order valence-corrected chi connectivity index (χ2v) is 8.24. The number of rotatable bonds is 3. The van der Waals surface area contributed by atoms with Crippen molar-refractivity contribution in [3.8, 4) is 5.75 Å². The van der Waals surface area contributed by atoms with Gasteiger partial charge in [0.25, 0.3) is 5.91 Å². The third kappa shape index (κ3) is 2.59. The number of carbonyl (C=O) groups is 1. The number of sulfonamides is 1. The zero-order valence-corrected chi connectivity index (χ0v) is 13.3. The Balaban J connectivity index is 1.83. The van der Waals surface area contributed by atoms with E-state index in [4.69, 9.17) is 4.74 Å². The number of fused-ring (bicyclic) bond motifs is 1. The Morgan fingerprint density at radius 1 is 1.36 bits per heavy atom. The van der Waals surface area contributed by atoms with Crippen LogP contribution in [0.25, 0.3) is 0 Å². The molecule has 1 fully saturated rings. The van der Waals surface area contributed by atoms with E-state index in [1.54, 1.807) is 25.1 Å². The van der Waals surface area contributed by atoms with Crippen LogP contribution in [-0.4, -0.2) is 32.2 Å². The molecule has 2 N–H and O–H groups in total. The second-order valence-electron chi connectivity index (χ2n) is 6.05. The van der Waals surface area contributed by atoms with Crippen molar-refractivity contribution in [1.29, 1.82) is 0 Å². The highest BCUT2D eigenvalue weighted by atomic mass is 32.2. The van der Waals surface area contributed by atoms with Gasteiger partial charge < -0.3 is 4.74 Å². The molecular formula is C15H20N2O4S. The molecule has 1 aromatic rings. The molecule has 6 nitrogen and oxygen atoms in total. The highest BCUT2D eigenvalue weighted by molar-refractivity contribution is 7.91. The topological polar surface area (TPSA) is 84.5 Å². The summed E-state index contributed by atoms with van der Waals surface area (Å²) in [7, 11) is -3.67. The zero-order valence-electron chi connectivity index (χ0n) is 12.5. The maximum Gasteiger partial charge on any atom is 0.255 e. The van der Waals surface area contributed by atoms with Crippen molar-refractivity contribution in [2.45, 2.75) is 37.0 Å². The normalized spacial score (nSPS) is 23.4. The van der Waals surface area contributed by atoms with Crippen LogP contribution in [0.4, 0.5) is 0 Å². The standard InChI is InChI=1S/C15H20N2O4S/c1-15(7-4-8-15)22(19,20)17-14(18)13-11-5-2-3-6-12(11)21-10-9-16-13/h2-3,5-6,13,16H,4,7-10H2,1H3,(H,17,18). The Bertz CT molecular complexity index is 683. The van der Waals surface area contributed by atoms with Crippen molar-refractivity contribution >= 4 is 15.9 Å². The minimum atomic E-state index is -3.67. The Hall–Kier alpha value is -1.60. The van der Waals surface area contributed by atoms with Crippen LogP contribution < -0.4 is 14.8 Å². The van der Waals surface area contributed by atoms with Gasteiger partial charge in [-0.15, -0.1) is 0 Å². The van der Waals surface area contributed by atoms with Gasteiger partial charge >= 0.3 is 0 Å². The van der Waals surface area contributed by atoms with Gasteiger partial charge in [0.1, 0.15) is 18.4 Å².